The molecule has 1 amide bonds. The molecule has 0 saturated carbocycles. The van der Waals surface area contributed by atoms with Gasteiger partial charge in [-0.2, -0.15) is 5.10 Å². The highest BCUT2D eigenvalue weighted by Crippen LogP contribution is 2.27. The van der Waals surface area contributed by atoms with E-state index in [0.29, 0.717) is 11.5 Å². The number of rotatable bonds is 3. The van der Waals surface area contributed by atoms with Crippen LogP contribution in [0.2, 0.25) is 0 Å². The lowest BCUT2D eigenvalue weighted by molar-refractivity contribution is 0.0599. The molecule has 0 unspecified atom stereocenters. The fourth-order valence-electron chi connectivity index (χ4n) is 2.84. The maximum Gasteiger partial charge on any atom is 0.253 e. The first-order valence-corrected chi connectivity index (χ1v) is 7.61. The summed E-state index contributed by atoms with van der Waals surface area (Å²) in [7, 11) is 0. The Balaban J connectivity index is 1.42. The minimum atomic E-state index is 0.0772. The van der Waals surface area contributed by atoms with Crippen molar-refractivity contribution in [3.8, 4) is 11.3 Å². The molecule has 3 heterocycles. The van der Waals surface area contributed by atoms with Crippen LogP contribution in [0.5, 0.6) is 0 Å². The SMILES string of the molecule is O=C(c1ccc(-c2ccn[nH]2)cc1)N1CC(c2ccccn2)C1. The second-order valence-electron chi connectivity index (χ2n) is 5.71. The van der Waals surface area contributed by atoms with E-state index in [0.717, 1.165) is 30.0 Å². The molecule has 1 aliphatic heterocycles. The van der Waals surface area contributed by atoms with Crippen molar-refractivity contribution in [1.82, 2.24) is 20.1 Å². The molecule has 2 aromatic heterocycles. The minimum absolute atomic E-state index is 0.0772. The van der Waals surface area contributed by atoms with Crippen LogP contribution in [0, 0.1) is 0 Å². The lowest BCUT2D eigenvalue weighted by Gasteiger charge is -2.39. The number of H-pyrrole nitrogens is 1. The van der Waals surface area contributed by atoms with E-state index in [1.54, 1.807) is 12.4 Å². The second kappa shape index (κ2) is 5.68. The van der Waals surface area contributed by atoms with E-state index < -0.39 is 0 Å². The molecule has 0 radical (unpaired) electrons. The van der Waals surface area contributed by atoms with Crippen LogP contribution >= 0.6 is 0 Å². The molecule has 0 aliphatic carbocycles. The number of benzene rings is 1. The highest BCUT2D eigenvalue weighted by Gasteiger charge is 2.32. The van der Waals surface area contributed by atoms with E-state index in [2.05, 4.69) is 15.2 Å². The molecule has 0 spiro atoms. The molecule has 0 bridgehead atoms. The van der Waals surface area contributed by atoms with Crippen molar-refractivity contribution in [2.75, 3.05) is 13.1 Å². The normalized spacial score (nSPS) is 14.5. The van der Waals surface area contributed by atoms with Gasteiger partial charge in [-0.1, -0.05) is 18.2 Å². The summed E-state index contributed by atoms with van der Waals surface area (Å²) < 4.78 is 0. The van der Waals surface area contributed by atoms with Gasteiger partial charge in [0, 0.05) is 42.7 Å². The van der Waals surface area contributed by atoms with Crippen LogP contribution in [0.15, 0.2) is 60.9 Å². The van der Waals surface area contributed by atoms with Gasteiger partial charge in [-0.25, -0.2) is 0 Å². The number of amides is 1. The summed E-state index contributed by atoms with van der Waals surface area (Å²) in [4.78, 5) is 18.7. The van der Waals surface area contributed by atoms with Crippen molar-refractivity contribution >= 4 is 5.91 Å². The smallest absolute Gasteiger partial charge is 0.253 e. The number of hydrogen-bond acceptors (Lipinski definition) is 3. The standard InChI is InChI=1S/C18H16N4O/c23-18(22-11-15(12-22)16-3-1-2-9-19-16)14-6-4-13(5-7-14)17-8-10-20-21-17/h1-10,15H,11-12H2,(H,20,21). The summed E-state index contributed by atoms with van der Waals surface area (Å²) >= 11 is 0. The highest BCUT2D eigenvalue weighted by molar-refractivity contribution is 5.95. The molecule has 1 N–H and O–H groups in total. The lowest BCUT2D eigenvalue weighted by atomic mass is 9.94. The molecule has 3 aromatic rings. The number of aromatic amines is 1. The van der Waals surface area contributed by atoms with Gasteiger partial charge >= 0.3 is 0 Å². The Morgan fingerprint density at radius 2 is 1.87 bits per heavy atom. The first-order chi connectivity index (χ1) is 11.3. The molecule has 1 saturated heterocycles. The van der Waals surface area contributed by atoms with Gasteiger partial charge in [-0.3, -0.25) is 14.9 Å². The van der Waals surface area contributed by atoms with Crippen molar-refractivity contribution in [1.29, 1.82) is 0 Å². The average Bonchev–Trinajstić information content (AvgIpc) is 3.09. The summed E-state index contributed by atoms with van der Waals surface area (Å²) in [5.41, 5.74) is 3.75. The number of nitrogens with one attached hydrogen (secondary N) is 1. The van der Waals surface area contributed by atoms with Crippen molar-refractivity contribution in [3.05, 3.63) is 72.2 Å². The highest BCUT2D eigenvalue weighted by atomic mass is 16.2. The Kier molecular flexibility index (Phi) is 3.38. The maximum absolute atomic E-state index is 12.5. The summed E-state index contributed by atoms with van der Waals surface area (Å²) in [6.45, 7) is 1.47. The quantitative estimate of drug-likeness (QED) is 0.809. The van der Waals surface area contributed by atoms with Crippen molar-refractivity contribution in [2.45, 2.75) is 5.92 Å². The number of pyridine rings is 1. The predicted molar refractivity (Wildman–Crippen MR) is 86.9 cm³/mol. The van der Waals surface area contributed by atoms with Gasteiger partial charge in [0.1, 0.15) is 0 Å². The molecule has 5 nitrogen and oxygen atoms in total. The first kappa shape index (κ1) is 13.7. The Morgan fingerprint density at radius 3 is 2.52 bits per heavy atom. The van der Waals surface area contributed by atoms with Gasteiger partial charge in [-0.15, -0.1) is 0 Å². The molecule has 5 heteroatoms. The number of nitrogens with zero attached hydrogens (tertiary/aromatic N) is 3. The van der Waals surface area contributed by atoms with E-state index in [9.17, 15) is 4.79 Å². The Bertz CT molecular complexity index is 791. The van der Waals surface area contributed by atoms with Crippen molar-refractivity contribution in [2.24, 2.45) is 0 Å². The largest absolute Gasteiger partial charge is 0.337 e. The zero-order chi connectivity index (χ0) is 15.6. The Hall–Kier alpha value is -2.95. The maximum atomic E-state index is 12.5. The fourth-order valence-corrected chi connectivity index (χ4v) is 2.84. The monoisotopic (exact) mass is 304 g/mol. The Morgan fingerprint density at radius 1 is 1.04 bits per heavy atom. The topological polar surface area (TPSA) is 61.9 Å². The van der Waals surface area contributed by atoms with Crippen LogP contribution in [-0.2, 0) is 0 Å². The third-order valence-electron chi connectivity index (χ3n) is 4.22. The molecule has 1 aliphatic rings. The van der Waals surface area contributed by atoms with Crippen LogP contribution in [0.4, 0.5) is 0 Å². The molecular weight excluding hydrogens is 288 g/mol. The molecule has 4 rings (SSSR count). The average molecular weight is 304 g/mol. The molecule has 1 aromatic carbocycles. The molecule has 114 valence electrons. The second-order valence-corrected chi connectivity index (χ2v) is 5.71. The first-order valence-electron chi connectivity index (χ1n) is 7.61. The van der Waals surface area contributed by atoms with Gasteiger partial charge in [0.15, 0.2) is 0 Å². The van der Waals surface area contributed by atoms with Gasteiger partial charge in [-0.05, 0) is 35.9 Å². The summed E-state index contributed by atoms with van der Waals surface area (Å²) in [5.74, 6) is 0.428. The van der Waals surface area contributed by atoms with Crippen molar-refractivity contribution in [3.63, 3.8) is 0 Å². The lowest BCUT2D eigenvalue weighted by Crippen LogP contribution is -2.48. The third-order valence-corrected chi connectivity index (χ3v) is 4.22. The van der Waals surface area contributed by atoms with Gasteiger partial charge in [0.25, 0.3) is 5.91 Å². The van der Waals surface area contributed by atoms with Crippen LogP contribution in [0.25, 0.3) is 11.3 Å². The fraction of sp³-hybridized carbons (Fsp3) is 0.167. The third kappa shape index (κ3) is 2.61. The van der Waals surface area contributed by atoms with E-state index in [1.807, 2.05) is 53.4 Å². The number of carbonyl (C=O) groups excluding carboxylic acids is 1. The van der Waals surface area contributed by atoms with Crippen LogP contribution < -0.4 is 0 Å². The summed E-state index contributed by atoms with van der Waals surface area (Å²) in [6, 6.07) is 15.4. The van der Waals surface area contributed by atoms with E-state index in [-0.39, 0.29) is 5.91 Å². The van der Waals surface area contributed by atoms with Crippen LogP contribution in [-0.4, -0.2) is 39.1 Å². The zero-order valence-corrected chi connectivity index (χ0v) is 12.5. The minimum Gasteiger partial charge on any atom is -0.337 e. The molecular formula is C18H16N4O. The predicted octanol–water partition coefficient (Wildman–Crippen LogP) is 2.71. The summed E-state index contributed by atoms with van der Waals surface area (Å²) in [5, 5.41) is 6.86. The Labute approximate surface area is 134 Å². The van der Waals surface area contributed by atoms with E-state index in [4.69, 9.17) is 0 Å². The molecule has 1 fully saturated rings. The van der Waals surface area contributed by atoms with Gasteiger partial charge < -0.3 is 4.90 Å². The number of aromatic nitrogens is 3. The number of likely N-dealkylation sites (tertiary alicyclic amines) is 1. The van der Waals surface area contributed by atoms with Crippen molar-refractivity contribution < 1.29 is 4.79 Å². The van der Waals surface area contributed by atoms with E-state index in [1.165, 1.54) is 0 Å². The van der Waals surface area contributed by atoms with Crippen LogP contribution in [0.1, 0.15) is 22.0 Å². The molecule has 23 heavy (non-hydrogen) atoms. The summed E-state index contributed by atoms with van der Waals surface area (Å²) in [6.07, 6.45) is 3.51. The molecule has 0 atom stereocenters. The van der Waals surface area contributed by atoms with Crippen LogP contribution in [0.3, 0.4) is 0 Å². The van der Waals surface area contributed by atoms with E-state index >= 15 is 0 Å². The number of hydrogen-bond donors (Lipinski definition) is 1. The zero-order valence-electron chi connectivity index (χ0n) is 12.5. The van der Waals surface area contributed by atoms with Gasteiger partial charge in [0.05, 0.1) is 5.69 Å². The van der Waals surface area contributed by atoms with Gasteiger partial charge in [0.2, 0.25) is 0 Å². The number of carbonyl (C=O) groups is 1.